The Morgan fingerprint density at radius 2 is 1.67 bits per heavy atom. The van der Waals surface area contributed by atoms with Crippen LogP contribution in [0.15, 0.2) is 30.3 Å². The Labute approximate surface area is 79.4 Å². The number of rotatable bonds is 1. The van der Waals surface area contributed by atoms with E-state index in [0.29, 0.717) is 5.05 Å². The van der Waals surface area contributed by atoms with Crippen LogP contribution in [-0.4, -0.2) is 5.05 Å². The summed E-state index contributed by atoms with van der Waals surface area (Å²) in [4.78, 5) is 0. The molecule has 0 spiro atoms. The van der Waals surface area contributed by atoms with Gasteiger partial charge in [0.25, 0.3) is 0 Å². The summed E-state index contributed by atoms with van der Waals surface area (Å²) >= 11 is 4.76. The molecule has 1 rings (SSSR count). The van der Waals surface area contributed by atoms with Gasteiger partial charge in [-0.3, -0.25) is 0 Å². The van der Waals surface area contributed by atoms with Gasteiger partial charge in [-0.15, -0.1) is 0 Å². The fraction of sp³-hybridized carbons (Fsp3) is 0.300. The molecular weight excluding hydrogens is 168 g/mol. The SMILES string of the molecule is CC.CC(=S)Oc1ccccc1. The maximum absolute atomic E-state index is 5.15. The van der Waals surface area contributed by atoms with Crippen molar-refractivity contribution in [2.75, 3.05) is 0 Å². The molecule has 66 valence electrons. The molecule has 0 heterocycles. The standard InChI is InChI=1S/C8H8OS.C2H6/c1-7(10)9-8-5-3-2-4-6-8;1-2/h2-6H,1H3;1-2H3. The average molecular weight is 182 g/mol. The highest BCUT2D eigenvalue weighted by molar-refractivity contribution is 7.80. The van der Waals surface area contributed by atoms with E-state index in [1.54, 1.807) is 6.92 Å². The van der Waals surface area contributed by atoms with Crippen LogP contribution in [0.3, 0.4) is 0 Å². The van der Waals surface area contributed by atoms with Crippen molar-refractivity contribution in [2.24, 2.45) is 0 Å². The molecule has 0 saturated carbocycles. The first-order valence-corrected chi connectivity index (χ1v) is 4.43. The summed E-state index contributed by atoms with van der Waals surface area (Å²) in [5.41, 5.74) is 0. The highest BCUT2D eigenvalue weighted by Gasteiger charge is 1.89. The maximum Gasteiger partial charge on any atom is 0.164 e. The largest absolute Gasteiger partial charge is 0.451 e. The summed E-state index contributed by atoms with van der Waals surface area (Å²) in [6.07, 6.45) is 0. The second kappa shape index (κ2) is 6.80. The van der Waals surface area contributed by atoms with Crippen molar-refractivity contribution in [2.45, 2.75) is 20.8 Å². The van der Waals surface area contributed by atoms with E-state index < -0.39 is 0 Å². The smallest absolute Gasteiger partial charge is 0.164 e. The second-order valence-electron chi connectivity index (χ2n) is 1.91. The van der Waals surface area contributed by atoms with Crippen LogP contribution in [0.4, 0.5) is 0 Å². The van der Waals surface area contributed by atoms with Crippen LogP contribution >= 0.6 is 12.2 Å². The first-order chi connectivity index (χ1) is 5.79. The van der Waals surface area contributed by atoms with E-state index in [2.05, 4.69) is 0 Å². The molecule has 2 heteroatoms. The lowest BCUT2D eigenvalue weighted by Crippen LogP contribution is -1.97. The summed E-state index contributed by atoms with van der Waals surface area (Å²) < 4.78 is 5.15. The third kappa shape index (κ3) is 4.85. The number of para-hydroxylation sites is 1. The van der Waals surface area contributed by atoms with Gasteiger partial charge in [-0.2, -0.15) is 0 Å². The molecule has 0 N–H and O–H groups in total. The van der Waals surface area contributed by atoms with Crippen molar-refractivity contribution in [3.63, 3.8) is 0 Å². The molecule has 12 heavy (non-hydrogen) atoms. The molecule has 0 aliphatic rings. The molecule has 0 unspecified atom stereocenters. The molecule has 0 aliphatic heterocycles. The molecule has 0 saturated heterocycles. The summed E-state index contributed by atoms with van der Waals surface area (Å²) in [6, 6.07) is 9.50. The summed E-state index contributed by atoms with van der Waals surface area (Å²) in [5.74, 6) is 0.801. The highest BCUT2D eigenvalue weighted by Crippen LogP contribution is 2.08. The molecule has 0 fully saturated rings. The highest BCUT2D eigenvalue weighted by atomic mass is 32.1. The molecule has 1 nitrogen and oxygen atoms in total. The summed E-state index contributed by atoms with van der Waals surface area (Å²) in [7, 11) is 0. The molecule has 0 bridgehead atoms. The summed E-state index contributed by atoms with van der Waals surface area (Å²) in [5, 5.41) is 0.547. The van der Waals surface area contributed by atoms with Crippen LogP contribution in [0.1, 0.15) is 20.8 Å². The fourth-order valence-electron chi connectivity index (χ4n) is 0.655. The molecule has 0 aliphatic carbocycles. The molecule has 0 atom stereocenters. The van der Waals surface area contributed by atoms with Crippen LogP contribution in [-0.2, 0) is 0 Å². The zero-order chi connectivity index (χ0) is 9.40. The van der Waals surface area contributed by atoms with Gasteiger partial charge < -0.3 is 4.74 Å². The number of ether oxygens (including phenoxy) is 1. The Morgan fingerprint density at radius 1 is 1.17 bits per heavy atom. The third-order valence-corrected chi connectivity index (χ3v) is 1.09. The first kappa shape index (κ1) is 11.1. The summed E-state index contributed by atoms with van der Waals surface area (Å²) in [6.45, 7) is 5.75. The molecule has 1 aromatic rings. The predicted octanol–water partition coefficient (Wildman–Crippen LogP) is 3.44. The van der Waals surface area contributed by atoms with Crippen LogP contribution in [0.5, 0.6) is 5.75 Å². The Bertz CT molecular complexity index is 219. The quantitative estimate of drug-likeness (QED) is 0.615. The fourth-order valence-corrected chi connectivity index (χ4v) is 0.751. The lowest BCUT2D eigenvalue weighted by atomic mass is 10.3. The monoisotopic (exact) mass is 182 g/mol. The molecule has 0 amide bonds. The van der Waals surface area contributed by atoms with Gasteiger partial charge in [0, 0.05) is 6.92 Å². The topological polar surface area (TPSA) is 9.23 Å². The minimum atomic E-state index is 0.547. The minimum Gasteiger partial charge on any atom is -0.451 e. The van der Waals surface area contributed by atoms with Gasteiger partial charge in [-0.25, -0.2) is 0 Å². The van der Waals surface area contributed by atoms with Gasteiger partial charge >= 0.3 is 0 Å². The van der Waals surface area contributed by atoms with Crippen molar-refractivity contribution in [1.29, 1.82) is 0 Å². The first-order valence-electron chi connectivity index (χ1n) is 4.02. The van der Waals surface area contributed by atoms with E-state index in [1.165, 1.54) is 0 Å². The zero-order valence-electron chi connectivity index (χ0n) is 7.70. The Balaban J connectivity index is 0.000000561. The number of hydrogen-bond acceptors (Lipinski definition) is 2. The maximum atomic E-state index is 5.15. The van der Waals surface area contributed by atoms with Gasteiger partial charge in [-0.1, -0.05) is 32.0 Å². The Kier molecular flexibility index (Phi) is 6.29. The lowest BCUT2D eigenvalue weighted by Gasteiger charge is -2.00. The van der Waals surface area contributed by atoms with Crippen LogP contribution < -0.4 is 4.74 Å². The Morgan fingerprint density at radius 3 is 2.08 bits per heavy atom. The number of hydrogen-bond donors (Lipinski definition) is 0. The van der Waals surface area contributed by atoms with E-state index in [9.17, 15) is 0 Å². The molecule has 1 aromatic carbocycles. The van der Waals surface area contributed by atoms with Crippen molar-refractivity contribution >= 4 is 17.3 Å². The predicted molar refractivity (Wildman–Crippen MR) is 56.7 cm³/mol. The molecule has 0 aromatic heterocycles. The molecular formula is C10H14OS. The lowest BCUT2D eigenvalue weighted by molar-refractivity contribution is 0.561. The molecule has 0 radical (unpaired) electrons. The van der Waals surface area contributed by atoms with Crippen LogP contribution in [0.25, 0.3) is 0 Å². The Hall–Kier alpha value is -0.890. The van der Waals surface area contributed by atoms with Gasteiger partial charge in [0.1, 0.15) is 5.75 Å². The van der Waals surface area contributed by atoms with Crippen molar-refractivity contribution in [1.82, 2.24) is 0 Å². The van der Waals surface area contributed by atoms with Crippen LogP contribution in [0.2, 0.25) is 0 Å². The normalized spacial score (nSPS) is 7.92. The minimum absolute atomic E-state index is 0.547. The van der Waals surface area contributed by atoms with E-state index in [0.717, 1.165) is 5.75 Å². The van der Waals surface area contributed by atoms with Gasteiger partial charge in [0.15, 0.2) is 5.05 Å². The van der Waals surface area contributed by atoms with E-state index in [-0.39, 0.29) is 0 Å². The van der Waals surface area contributed by atoms with Crippen molar-refractivity contribution in [3.8, 4) is 5.75 Å². The number of benzene rings is 1. The second-order valence-corrected chi connectivity index (χ2v) is 2.48. The van der Waals surface area contributed by atoms with E-state index in [1.807, 2.05) is 44.2 Å². The van der Waals surface area contributed by atoms with Crippen LogP contribution in [0, 0.1) is 0 Å². The zero-order valence-corrected chi connectivity index (χ0v) is 8.52. The van der Waals surface area contributed by atoms with E-state index in [4.69, 9.17) is 17.0 Å². The van der Waals surface area contributed by atoms with Gasteiger partial charge in [0.05, 0.1) is 0 Å². The van der Waals surface area contributed by atoms with Gasteiger partial charge in [-0.05, 0) is 24.4 Å². The third-order valence-electron chi connectivity index (χ3n) is 1.00. The van der Waals surface area contributed by atoms with E-state index >= 15 is 0 Å². The number of thiocarbonyl (C=S) groups is 1. The average Bonchev–Trinajstić information content (AvgIpc) is 2.08. The van der Waals surface area contributed by atoms with Crippen molar-refractivity contribution < 1.29 is 4.74 Å². The van der Waals surface area contributed by atoms with Crippen molar-refractivity contribution in [3.05, 3.63) is 30.3 Å². The van der Waals surface area contributed by atoms with Gasteiger partial charge in [0.2, 0.25) is 0 Å².